The molecule has 0 aromatic heterocycles. The average molecular weight is 334 g/mol. The van der Waals surface area contributed by atoms with Gasteiger partial charge in [-0.15, -0.1) is 0 Å². The number of carbonyl (C=O) groups excluding carboxylic acids is 1. The largest absolute Gasteiger partial charge is 0.349 e. The van der Waals surface area contributed by atoms with E-state index in [0.29, 0.717) is 16.5 Å². The Hall–Kier alpha value is -1.87. The Morgan fingerprint density at radius 2 is 1.87 bits per heavy atom. The summed E-state index contributed by atoms with van der Waals surface area (Å²) in [7, 11) is 0. The number of rotatable bonds is 6. The third-order valence-corrected chi connectivity index (χ3v) is 3.85. The minimum absolute atomic E-state index is 0.00440. The van der Waals surface area contributed by atoms with Crippen LogP contribution in [0.2, 0.25) is 5.02 Å². The van der Waals surface area contributed by atoms with Crippen molar-refractivity contribution in [3.63, 3.8) is 0 Å². The smallest absolute Gasteiger partial charge is 0.225 e. The summed E-state index contributed by atoms with van der Waals surface area (Å²) in [5.41, 5.74) is 1.41. The summed E-state index contributed by atoms with van der Waals surface area (Å²) in [5, 5.41) is 3.34. The van der Waals surface area contributed by atoms with Crippen LogP contribution in [0.15, 0.2) is 48.5 Å². The van der Waals surface area contributed by atoms with Crippen molar-refractivity contribution in [1.82, 2.24) is 5.32 Å². The summed E-state index contributed by atoms with van der Waals surface area (Å²) in [6.07, 6.45) is 0.837. The minimum atomic E-state index is -0.451. The summed E-state index contributed by atoms with van der Waals surface area (Å²) in [4.78, 5) is 12.3. The van der Waals surface area contributed by atoms with Gasteiger partial charge in [-0.3, -0.25) is 4.79 Å². The molecule has 1 amide bonds. The number of carbonyl (C=O) groups is 1. The fourth-order valence-corrected chi connectivity index (χ4v) is 2.68. The van der Waals surface area contributed by atoms with Gasteiger partial charge < -0.3 is 5.32 Å². The van der Waals surface area contributed by atoms with Crippen LogP contribution in [0.4, 0.5) is 4.39 Å². The van der Waals surface area contributed by atoms with Gasteiger partial charge in [0.05, 0.1) is 12.5 Å². The highest BCUT2D eigenvalue weighted by atomic mass is 35.5. The van der Waals surface area contributed by atoms with Crippen LogP contribution < -0.4 is 5.32 Å². The van der Waals surface area contributed by atoms with Gasteiger partial charge in [0.2, 0.25) is 5.91 Å². The topological polar surface area (TPSA) is 29.1 Å². The molecule has 1 atom stereocenters. The van der Waals surface area contributed by atoms with Crippen molar-refractivity contribution in [3.8, 4) is 0 Å². The third-order valence-electron chi connectivity index (χ3n) is 3.61. The first-order chi connectivity index (χ1) is 11.0. The van der Waals surface area contributed by atoms with Crippen molar-refractivity contribution >= 4 is 17.5 Å². The van der Waals surface area contributed by atoms with Gasteiger partial charge >= 0.3 is 0 Å². The van der Waals surface area contributed by atoms with E-state index >= 15 is 0 Å². The quantitative estimate of drug-likeness (QED) is 0.798. The molecule has 0 bridgehead atoms. The molecule has 0 aliphatic rings. The Bertz CT molecular complexity index is 658. The summed E-state index contributed by atoms with van der Waals surface area (Å²) < 4.78 is 13.8. The molecule has 122 valence electrons. The Morgan fingerprint density at radius 3 is 2.48 bits per heavy atom. The Morgan fingerprint density at radius 1 is 1.17 bits per heavy atom. The normalized spacial score (nSPS) is 12.2. The number of nitrogens with one attached hydrogen (secondary N) is 1. The summed E-state index contributed by atoms with van der Waals surface area (Å²) in [5.74, 6) is -0.207. The van der Waals surface area contributed by atoms with Crippen molar-refractivity contribution in [3.05, 3.63) is 70.5 Å². The minimum Gasteiger partial charge on any atom is -0.349 e. The van der Waals surface area contributed by atoms with Crippen molar-refractivity contribution in [2.75, 3.05) is 0 Å². The fourth-order valence-electron chi connectivity index (χ4n) is 2.52. The zero-order valence-corrected chi connectivity index (χ0v) is 14.1. The van der Waals surface area contributed by atoms with E-state index in [0.717, 1.165) is 12.0 Å². The lowest BCUT2D eigenvalue weighted by molar-refractivity contribution is -0.121. The van der Waals surface area contributed by atoms with Crippen molar-refractivity contribution in [2.45, 2.75) is 32.7 Å². The van der Waals surface area contributed by atoms with Gasteiger partial charge in [0, 0.05) is 5.02 Å². The molecule has 0 radical (unpaired) electrons. The van der Waals surface area contributed by atoms with Crippen LogP contribution in [0.1, 0.15) is 37.4 Å². The number of hydrogen-bond acceptors (Lipinski definition) is 1. The second kappa shape index (κ2) is 8.11. The maximum absolute atomic E-state index is 13.8. The van der Waals surface area contributed by atoms with E-state index in [1.807, 2.05) is 30.3 Å². The first-order valence-corrected chi connectivity index (χ1v) is 8.11. The van der Waals surface area contributed by atoms with Gasteiger partial charge in [-0.25, -0.2) is 4.39 Å². The molecule has 0 aliphatic carbocycles. The fraction of sp³-hybridized carbons (Fsp3) is 0.316. The van der Waals surface area contributed by atoms with Crippen LogP contribution in [0.3, 0.4) is 0 Å². The molecule has 4 heteroatoms. The number of amides is 1. The van der Waals surface area contributed by atoms with Crippen LogP contribution >= 0.6 is 11.6 Å². The molecule has 0 spiro atoms. The van der Waals surface area contributed by atoms with Crippen LogP contribution in [0, 0.1) is 11.7 Å². The van der Waals surface area contributed by atoms with Crippen LogP contribution in [0.25, 0.3) is 0 Å². The van der Waals surface area contributed by atoms with Crippen molar-refractivity contribution in [1.29, 1.82) is 0 Å². The predicted molar refractivity (Wildman–Crippen MR) is 91.9 cm³/mol. The van der Waals surface area contributed by atoms with Gasteiger partial charge in [-0.1, -0.05) is 61.8 Å². The van der Waals surface area contributed by atoms with E-state index in [-0.39, 0.29) is 18.4 Å². The maximum atomic E-state index is 13.8. The first kappa shape index (κ1) is 17.5. The average Bonchev–Trinajstić information content (AvgIpc) is 2.50. The molecule has 0 aliphatic heterocycles. The van der Waals surface area contributed by atoms with E-state index in [1.165, 1.54) is 6.07 Å². The van der Waals surface area contributed by atoms with E-state index in [2.05, 4.69) is 19.2 Å². The molecular formula is C19H21ClFNO. The van der Waals surface area contributed by atoms with Crippen LogP contribution in [-0.2, 0) is 11.2 Å². The first-order valence-electron chi connectivity index (χ1n) is 7.74. The lowest BCUT2D eigenvalue weighted by atomic mass is 9.96. The lowest BCUT2D eigenvalue weighted by Gasteiger charge is -2.21. The summed E-state index contributed by atoms with van der Waals surface area (Å²) in [6.45, 7) is 4.22. The zero-order valence-electron chi connectivity index (χ0n) is 13.4. The molecule has 1 unspecified atom stereocenters. The SMILES string of the molecule is CC(C)CC(NC(=O)Cc1ccc(Cl)cc1F)c1ccccc1. The Labute approximate surface area is 141 Å². The molecule has 2 rings (SSSR count). The number of benzene rings is 2. The molecule has 0 fully saturated rings. The van der Waals surface area contributed by atoms with Gasteiger partial charge in [-0.2, -0.15) is 0 Å². The predicted octanol–water partition coefficient (Wildman–Crippen LogP) is 4.93. The zero-order chi connectivity index (χ0) is 16.8. The number of halogens is 2. The second-order valence-electron chi connectivity index (χ2n) is 6.07. The highest BCUT2D eigenvalue weighted by molar-refractivity contribution is 6.30. The van der Waals surface area contributed by atoms with Gasteiger partial charge in [0.25, 0.3) is 0 Å². The molecule has 0 saturated heterocycles. The van der Waals surface area contributed by atoms with Crippen molar-refractivity contribution < 1.29 is 9.18 Å². The van der Waals surface area contributed by atoms with E-state index in [1.54, 1.807) is 12.1 Å². The lowest BCUT2D eigenvalue weighted by Crippen LogP contribution is -2.31. The van der Waals surface area contributed by atoms with Crippen LogP contribution in [-0.4, -0.2) is 5.91 Å². The molecule has 1 N–H and O–H groups in total. The number of hydrogen-bond donors (Lipinski definition) is 1. The van der Waals surface area contributed by atoms with Gasteiger partial charge in [0.15, 0.2) is 0 Å². The van der Waals surface area contributed by atoms with E-state index < -0.39 is 5.82 Å². The van der Waals surface area contributed by atoms with Gasteiger partial charge in [-0.05, 0) is 35.6 Å². The Kier molecular flexibility index (Phi) is 6.17. The summed E-state index contributed by atoms with van der Waals surface area (Å²) in [6, 6.07) is 14.1. The molecular weight excluding hydrogens is 313 g/mol. The molecule has 2 aromatic carbocycles. The highest BCUT2D eigenvalue weighted by Gasteiger charge is 2.17. The van der Waals surface area contributed by atoms with E-state index in [9.17, 15) is 9.18 Å². The molecule has 2 aromatic rings. The molecule has 2 nitrogen and oxygen atoms in total. The second-order valence-corrected chi connectivity index (χ2v) is 6.51. The molecule has 0 saturated carbocycles. The third kappa shape index (κ3) is 5.36. The van der Waals surface area contributed by atoms with Crippen LogP contribution in [0.5, 0.6) is 0 Å². The van der Waals surface area contributed by atoms with Crippen molar-refractivity contribution in [2.24, 2.45) is 5.92 Å². The van der Waals surface area contributed by atoms with E-state index in [4.69, 9.17) is 11.6 Å². The molecule has 23 heavy (non-hydrogen) atoms. The monoisotopic (exact) mass is 333 g/mol. The molecule has 0 heterocycles. The standard InChI is InChI=1S/C19H21ClFNO/c1-13(2)10-18(14-6-4-3-5-7-14)22-19(23)11-15-8-9-16(20)12-17(15)21/h3-9,12-13,18H,10-11H2,1-2H3,(H,22,23). The Balaban J connectivity index is 2.08. The highest BCUT2D eigenvalue weighted by Crippen LogP contribution is 2.22. The summed E-state index contributed by atoms with van der Waals surface area (Å²) >= 11 is 5.73. The maximum Gasteiger partial charge on any atom is 0.225 e. The van der Waals surface area contributed by atoms with Gasteiger partial charge in [0.1, 0.15) is 5.82 Å².